The number of carboxylic acids is 1. The van der Waals surface area contributed by atoms with Crippen molar-refractivity contribution in [3.05, 3.63) is 41.0 Å². The van der Waals surface area contributed by atoms with E-state index in [1.165, 1.54) is 4.90 Å². The minimum Gasteiger partial charge on any atom is -0.497 e. The molecule has 3 heterocycles. The van der Waals surface area contributed by atoms with Gasteiger partial charge in [0.25, 0.3) is 0 Å². The highest BCUT2D eigenvalue weighted by Crippen LogP contribution is 2.45. The molecule has 0 radical (unpaired) electrons. The molecule has 1 aromatic heterocycles. The van der Waals surface area contributed by atoms with E-state index in [0.717, 1.165) is 34.5 Å². The summed E-state index contributed by atoms with van der Waals surface area (Å²) in [5, 5.41) is 14.3. The Bertz CT molecular complexity index is 1300. The lowest BCUT2D eigenvalue weighted by molar-refractivity contribution is -0.144. The van der Waals surface area contributed by atoms with Crippen LogP contribution in [-0.2, 0) is 9.59 Å². The highest BCUT2D eigenvalue weighted by molar-refractivity contribution is 9.10. The molecule has 2 fully saturated rings. The number of hydrogen-bond donors (Lipinski definition) is 2. The van der Waals surface area contributed by atoms with Gasteiger partial charge in [0.1, 0.15) is 23.4 Å². The first kappa shape index (κ1) is 26.3. The molecule has 1 aromatic carbocycles. The summed E-state index contributed by atoms with van der Waals surface area (Å²) in [6, 6.07) is 4.41. The molecule has 4 unspecified atom stereocenters. The van der Waals surface area contributed by atoms with Crippen LogP contribution in [0.25, 0.3) is 10.8 Å². The van der Waals surface area contributed by atoms with E-state index < -0.39 is 29.6 Å². The molecular weight excluding hydrogens is 556 g/mol. The van der Waals surface area contributed by atoms with E-state index >= 15 is 0 Å². The van der Waals surface area contributed by atoms with Gasteiger partial charge in [-0.2, -0.15) is 0 Å². The predicted molar refractivity (Wildman–Crippen MR) is 143 cm³/mol. The maximum absolute atomic E-state index is 13.5. The smallest absolute Gasteiger partial charge is 0.330 e. The average molecular weight is 587 g/mol. The molecule has 2 N–H and O–H groups in total. The van der Waals surface area contributed by atoms with Crippen molar-refractivity contribution in [2.24, 2.45) is 5.92 Å². The van der Waals surface area contributed by atoms with Crippen LogP contribution in [0.1, 0.15) is 32.1 Å². The number of methoxy groups -OCH3 is 1. The van der Waals surface area contributed by atoms with Crippen LogP contribution in [0.4, 0.5) is 4.79 Å². The van der Waals surface area contributed by atoms with Gasteiger partial charge in [-0.05, 0) is 59.8 Å². The first-order valence-electron chi connectivity index (χ1n) is 12.8. The van der Waals surface area contributed by atoms with E-state index in [2.05, 4.69) is 26.2 Å². The summed E-state index contributed by atoms with van der Waals surface area (Å²) >= 11 is 3.52. The fourth-order valence-electron chi connectivity index (χ4n) is 5.34. The first-order chi connectivity index (χ1) is 18.2. The summed E-state index contributed by atoms with van der Waals surface area (Å²) in [5.74, 6) is -0.723. The predicted octanol–water partition coefficient (Wildman–Crippen LogP) is 3.58. The number of amides is 3. The van der Waals surface area contributed by atoms with Crippen LogP contribution in [0, 0.1) is 5.92 Å². The van der Waals surface area contributed by atoms with Gasteiger partial charge in [-0.15, -0.1) is 0 Å². The topological polar surface area (TPSA) is 121 Å². The van der Waals surface area contributed by atoms with E-state index in [9.17, 15) is 19.5 Å². The fourth-order valence-corrected chi connectivity index (χ4v) is 5.77. The number of halogens is 1. The highest BCUT2D eigenvalue weighted by Gasteiger charge is 2.61. The second-order valence-corrected chi connectivity index (χ2v) is 11.0. The zero-order valence-corrected chi connectivity index (χ0v) is 22.9. The Kier molecular flexibility index (Phi) is 7.21. The van der Waals surface area contributed by atoms with E-state index in [0.29, 0.717) is 24.6 Å². The summed E-state index contributed by atoms with van der Waals surface area (Å²) in [5.41, 5.74) is -1.33. The molecule has 2 aliphatic heterocycles. The van der Waals surface area contributed by atoms with Gasteiger partial charge in [0.15, 0.2) is 0 Å². The number of carboxylic acid groups (broad SMARTS) is 1. The number of fused-ring (bicyclic) bond motifs is 3. The van der Waals surface area contributed by atoms with Gasteiger partial charge in [0, 0.05) is 47.4 Å². The second-order valence-electron chi connectivity index (χ2n) is 10.2. The van der Waals surface area contributed by atoms with Crippen LogP contribution in [0.15, 0.2) is 41.0 Å². The van der Waals surface area contributed by atoms with Crippen molar-refractivity contribution in [2.45, 2.75) is 49.8 Å². The lowest BCUT2D eigenvalue weighted by atomic mass is 10.1. The molecule has 38 heavy (non-hydrogen) atoms. The number of rotatable bonds is 4. The van der Waals surface area contributed by atoms with Crippen molar-refractivity contribution in [3.63, 3.8) is 0 Å². The Balaban J connectivity index is 1.42. The second kappa shape index (κ2) is 10.4. The van der Waals surface area contributed by atoms with Gasteiger partial charge < -0.3 is 29.7 Å². The Hall–Kier alpha value is -3.34. The van der Waals surface area contributed by atoms with Crippen LogP contribution >= 0.6 is 15.9 Å². The van der Waals surface area contributed by atoms with Crippen molar-refractivity contribution in [2.75, 3.05) is 27.2 Å². The molecule has 0 bridgehead atoms. The number of urea groups is 1. The third kappa shape index (κ3) is 4.91. The number of aromatic nitrogens is 1. The molecule has 2 aromatic rings. The number of nitrogens with one attached hydrogen (secondary N) is 1. The number of allylic oxidation sites excluding steroid dienone is 1. The molecule has 3 amide bonds. The standard InChI is InChI=1S/C27H31BrN4O6/c1-31-10-6-4-3-5-7-16-13-27(16,25(34)35)30-23(33)22-12-18(15-32(22)26(31)36)38-24-19-9-8-17(37-2)11-20(19)21(28)14-29-24/h5,7-9,11,14,16,18,22H,3-4,6,10,12-13,15H2,1-2H3,(H,30,33)(H,34,35). The van der Waals surface area contributed by atoms with Crippen LogP contribution in [0.5, 0.6) is 11.6 Å². The Morgan fingerprint density at radius 1 is 1.26 bits per heavy atom. The van der Waals surface area contributed by atoms with Gasteiger partial charge in [0.2, 0.25) is 11.8 Å². The van der Waals surface area contributed by atoms with E-state index in [1.807, 2.05) is 30.4 Å². The Morgan fingerprint density at radius 3 is 2.84 bits per heavy atom. The van der Waals surface area contributed by atoms with Gasteiger partial charge in [-0.1, -0.05) is 12.2 Å². The summed E-state index contributed by atoms with van der Waals surface area (Å²) in [6.07, 6.45) is 8.06. The number of carbonyl (C=O) groups excluding carboxylic acids is 2. The molecule has 202 valence electrons. The van der Waals surface area contributed by atoms with Crippen molar-refractivity contribution < 1.29 is 29.0 Å². The van der Waals surface area contributed by atoms with Crippen LogP contribution in [-0.4, -0.2) is 82.7 Å². The molecule has 1 aliphatic carbocycles. The van der Waals surface area contributed by atoms with E-state index in [-0.39, 0.29) is 24.9 Å². The molecule has 4 atom stereocenters. The van der Waals surface area contributed by atoms with Gasteiger partial charge in [-0.25, -0.2) is 14.6 Å². The van der Waals surface area contributed by atoms with Gasteiger partial charge >= 0.3 is 12.0 Å². The lowest BCUT2D eigenvalue weighted by Crippen LogP contribution is -2.54. The highest BCUT2D eigenvalue weighted by atomic mass is 79.9. The largest absolute Gasteiger partial charge is 0.497 e. The van der Waals surface area contributed by atoms with Crippen LogP contribution < -0.4 is 14.8 Å². The number of carbonyl (C=O) groups is 3. The summed E-state index contributed by atoms with van der Waals surface area (Å²) in [6.45, 7) is 0.742. The minimum atomic E-state index is -1.33. The number of aliphatic carboxylic acids is 1. The zero-order chi connectivity index (χ0) is 27.0. The number of pyridine rings is 1. The quantitative estimate of drug-likeness (QED) is 0.525. The molecular formula is C27H31BrN4O6. The molecule has 5 rings (SSSR count). The molecule has 3 aliphatic rings. The maximum Gasteiger partial charge on any atom is 0.330 e. The molecule has 0 spiro atoms. The van der Waals surface area contributed by atoms with Crippen LogP contribution in [0.3, 0.4) is 0 Å². The average Bonchev–Trinajstić information content (AvgIpc) is 3.44. The number of hydrogen-bond acceptors (Lipinski definition) is 6. The van der Waals surface area contributed by atoms with E-state index in [1.54, 1.807) is 25.3 Å². The molecule has 10 nitrogen and oxygen atoms in total. The molecule has 1 saturated carbocycles. The summed E-state index contributed by atoms with van der Waals surface area (Å²) in [4.78, 5) is 46.6. The lowest BCUT2D eigenvalue weighted by Gasteiger charge is -2.29. The summed E-state index contributed by atoms with van der Waals surface area (Å²) < 4.78 is 12.4. The monoisotopic (exact) mass is 586 g/mol. The SMILES string of the molecule is COc1ccc2c(OC3CC4C(=O)NC5(C(=O)O)CC5C=CCCCCN(C)C(=O)N4C3)ncc(Br)c2c1. The fraction of sp³-hybridized carbons (Fsp3) is 0.481. The van der Waals surface area contributed by atoms with Gasteiger partial charge in [0.05, 0.1) is 13.7 Å². The normalized spacial score (nSPS) is 27.8. The zero-order valence-electron chi connectivity index (χ0n) is 21.4. The first-order valence-corrected chi connectivity index (χ1v) is 13.6. The van der Waals surface area contributed by atoms with Crippen molar-refractivity contribution in [3.8, 4) is 11.6 Å². The third-order valence-electron chi connectivity index (χ3n) is 7.65. The van der Waals surface area contributed by atoms with Crippen LogP contribution in [0.2, 0.25) is 0 Å². The van der Waals surface area contributed by atoms with Crippen molar-refractivity contribution in [1.29, 1.82) is 0 Å². The number of ether oxygens (including phenoxy) is 2. The Labute approximate surface area is 229 Å². The third-order valence-corrected chi connectivity index (χ3v) is 8.28. The number of nitrogens with zero attached hydrogens (tertiary/aromatic N) is 3. The van der Waals surface area contributed by atoms with E-state index in [4.69, 9.17) is 9.47 Å². The molecule has 1 saturated heterocycles. The maximum atomic E-state index is 13.5. The molecule has 11 heteroatoms. The summed E-state index contributed by atoms with van der Waals surface area (Å²) in [7, 11) is 3.32. The van der Waals surface area contributed by atoms with Gasteiger partial charge in [-0.3, -0.25) is 4.79 Å². The Morgan fingerprint density at radius 2 is 2.08 bits per heavy atom. The van der Waals surface area contributed by atoms with Crippen molar-refractivity contribution >= 4 is 44.6 Å². The number of benzene rings is 1. The van der Waals surface area contributed by atoms with Crippen molar-refractivity contribution in [1.82, 2.24) is 20.1 Å². The minimum absolute atomic E-state index is 0.181.